The van der Waals surface area contributed by atoms with Gasteiger partial charge in [-0.3, -0.25) is 0 Å². The predicted octanol–water partition coefficient (Wildman–Crippen LogP) is 6.27. The zero-order chi connectivity index (χ0) is 18.7. The molecule has 0 aromatic heterocycles. The number of rotatable bonds is 7. The third-order valence-corrected chi connectivity index (χ3v) is 3.86. The van der Waals surface area contributed by atoms with Crippen LogP contribution < -0.4 is 0 Å². The zero-order valence-electron chi connectivity index (χ0n) is 15.7. The van der Waals surface area contributed by atoms with E-state index >= 15 is 0 Å². The SMILES string of the molecule is C=C(C#N)\C=C(C1=CCC=CC=C1)/C(=C/C(CC)=C(C)/C=C\C)OC. The van der Waals surface area contributed by atoms with Crippen LogP contribution in [-0.2, 0) is 4.74 Å². The maximum atomic E-state index is 9.16. The molecule has 0 aromatic carbocycles. The molecule has 0 spiro atoms. The minimum atomic E-state index is 0.400. The quantitative estimate of drug-likeness (QED) is 0.312. The number of nitriles is 1. The second-order valence-electron chi connectivity index (χ2n) is 5.65. The first-order valence-corrected chi connectivity index (χ1v) is 8.50. The Kier molecular flexibility index (Phi) is 8.82. The molecule has 1 aliphatic carbocycles. The van der Waals surface area contributed by atoms with Gasteiger partial charge < -0.3 is 4.74 Å². The van der Waals surface area contributed by atoms with Crippen LogP contribution in [0.15, 0.2) is 94.9 Å². The van der Waals surface area contributed by atoms with Crippen LogP contribution in [0.25, 0.3) is 0 Å². The molecular formula is C23H27NO. The van der Waals surface area contributed by atoms with Gasteiger partial charge >= 0.3 is 0 Å². The third kappa shape index (κ3) is 6.31. The van der Waals surface area contributed by atoms with Crippen molar-refractivity contribution < 1.29 is 4.74 Å². The Morgan fingerprint density at radius 1 is 1.36 bits per heavy atom. The molecule has 0 amide bonds. The number of hydrogen-bond donors (Lipinski definition) is 0. The lowest BCUT2D eigenvalue weighted by molar-refractivity contribution is 0.301. The van der Waals surface area contributed by atoms with Crippen molar-refractivity contribution in [3.8, 4) is 6.07 Å². The Bertz CT molecular complexity index is 743. The van der Waals surface area contributed by atoms with Gasteiger partial charge in [0, 0.05) is 11.1 Å². The molecule has 0 unspecified atom stereocenters. The summed E-state index contributed by atoms with van der Waals surface area (Å²) in [7, 11) is 1.66. The number of hydrogen-bond acceptors (Lipinski definition) is 2. The van der Waals surface area contributed by atoms with Crippen molar-refractivity contribution in [3.05, 3.63) is 94.9 Å². The van der Waals surface area contributed by atoms with Crippen LogP contribution in [0, 0.1) is 11.3 Å². The molecule has 0 fully saturated rings. The highest BCUT2D eigenvalue weighted by Crippen LogP contribution is 2.27. The topological polar surface area (TPSA) is 33.0 Å². The van der Waals surface area contributed by atoms with Gasteiger partial charge in [-0.15, -0.1) is 0 Å². The Morgan fingerprint density at radius 2 is 2.12 bits per heavy atom. The van der Waals surface area contributed by atoms with E-state index in [1.54, 1.807) is 13.2 Å². The number of methoxy groups -OCH3 is 1. The number of nitrogens with zero attached hydrogens (tertiary/aromatic N) is 1. The Hall–Kier alpha value is -2.79. The minimum Gasteiger partial charge on any atom is -0.496 e. The first kappa shape index (κ1) is 20.3. The van der Waals surface area contributed by atoms with Crippen molar-refractivity contribution in [3.63, 3.8) is 0 Å². The molecule has 1 aliphatic rings. The molecule has 0 saturated heterocycles. The zero-order valence-corrected chi connectivity index (χ0v) is 15.7. The van der Waals surface area contributed by atoms with Crippen LogP contribution >= 0.6 is 0 Å². The van der Waals surface area contributed by atoms with E-state index in [-0.39, 0.29) is 0 Å². The van der Waals surface area contributed by atoms with Gasteiger partial charge in [0.1, 0.15) is 5.76 Å². The van der Waals surface area contributed by atoms with Crippen LogP contribution in [0.4, 0.5) is 0 Å². The van der Waals surface area contributed by atoms with Gasteiger partial charge in [-0.25, -0.2) is 0 Å². The molecule has 2 nitrogen and oxygen atoms in total. The average molecular weight is 333 g/mol. The van der Waals surface area contributed by atoms with Gasteiger partial charge in [-0.05, 0) is 55.6 Å². The summed E-state index contributed by atoms with van der Waals surface area (Å²) >= 11 is 0. The lowest BCUT2D eigenvalue weighted by Crippen LogP contribution is -1.98. The van der Waals surface area contributed by atoms with E-state index in [1.165, 1.54) is 11.1 Å². The summed E-state index contributed by atoms with van der Waals surface area (Å²) < 4.78 is 5.70. The van der Waals surface area contributed by atoms with Crippen molar-refractivity contribution in [1.29, 1.82) is 5.26 Å². The van der Waals surface area contributed by atoms with Crippen LogP contribution in [0.3, 0.4) is 0 Å². The largest absolute Gasteiger partial charge is 0.496 e. The first-order chi connectivity index (χ1) is 12.1. The van der Waals surface area contributed by atoms with Crippen LogP contribution in [-0.4, -0.2) is 7.11 Å². The molecule has 25 heavy (non-hydrogen) atoms. The second-order valence-corrected chi connectivity index (χ2v) is 5.65. The van der Waals surface area contributed by atoms with Gasteiger partial charge in [0.05, 0.1) is 13.2 Å². The standard InChI is InChI=1S/C23H27NO/c1-6-12-19(4)20(7-2)16-23(25-5)22(15-18(3)17-24)21-13-10-8-9-11-14-21/h6,8-10,12-16H,3,7,11H2,1-2,4-5H3/b12-6-,20-19+,22-15-,23-16-. The summed E-state index contributed by atoms with van der Waals surface area (Å²) in [6.07, 6.45) is 19.9. The van der Waals surface area contributed by atoms with E-state index in [1.807, 2.05) is 31.2 Å². The van der Waals surface area contributed by atoms with E-state index in [9.17, 15) is 0 Å². The van der Waals surface area contributed by atoms with Crippen LogP contribution in [0.1, 0.15) is 33.6 Å². The molecule has 0 heterocycles. The van der Waals surface area contributed by atoms with Crippen molar-refractivity contribution in [2.75, 3.05) is 7.11 Å². The summed E-state index contributed by atoms with van der Waals surface area (Å²) in [5.41, 5.74) is 4.68. The smallest absolute Gasteiger partial charge is 0.126 e. The van der Waals surface area contributed by atoms with Crippen molar-refractivity contribution in [2.24, 2.45) is 0 Å². The monoisotopic (exact) mass is 333 g/mol. The molecule has 0 radical (unpaired) electrons. The maximum Gasteiger partial charge on any atom is 0.126 e. The van der Waals surface area contributed by atoms with E-state index in [0.717, 1.165) is 29.7 Å². The van der Waals surface area contributed by atoms with Gasteiger partial charge in [-0.1, -0.05) is 56.0 Å². The van der Waals surface area contributed by atoms with Crippen LogP contribution in [0.5, 0.6) is 0 Å². The molecular weight excluding hydrogens is 306 g/mol. The Balaban J connectivity index is 3.50. The Labute approximate surface area is 152 Å². The van der Waals surface area contributed by atoms with E-state index in [0.29, 0.717) is 5.57 Å². The predicted molar refractivity (Wildman–Crippen MR) is 107 cm³/mol. The normalized spacial score (nSPS) is 16.2. The summed E-state index contributed by atoms with van der Waals surface area (Å²) in [6, 6.07) is 2.10. The lowest BCUT2D eigenvalue weighted by Gasteiger charge is -2.14. The fourth-order valence-electron chi connectivity index (χ4n) is 2.54. The molecule has 0 saturated carbocycles. The molecule has 130 valence electrons. The summed E-state index contributed by atoms with van der Waals surface area (Å²) in [4.78, 5) is 0. The van der Waals surface area contributed by atoms with E-state index in [2.05, 4.69) is 50.8 Å². The Morgan fingerprint density at radius 3 is 2.72 bits per heavy atom. The molecule has 0 N–H and O–H groups in total. The minimum absolute atomic E-state index is 0.400. The molecule has 0 atom stereocenters. The molecule has 0 aromatic rings. The van der Waals surface area contributed by atoms with Gasteiger partial charge in [0.2, 0.25) is 0 Å². The van der Waals surface area contributed by atoms with E-state index < -0.39 is 0 Å². The number of ether oxygens (including phenoxy) is 1. The summed E-state index contributed by atoms with van der Waals surface area (Å²) in [5.74, 6) is 0.731. The van der Waals surface area contributed by atoms with Crippen LogP contribution in [0.2, 0.25) is 0 Å². The van der Waals surface area contributed by atoms with Crippen molar-refractivity contribution in [2.45, 2.75) is 33.6 Å². The third-order valence-electron chi connectivity index (χ3n) is 3.86. The fourth-order valence-corrected chi connectivity index (χ4v) is 2.54. The highest BCUT2D eigenvalue weighted by Gasteiger charge is 2.12. The summed E-state index contributed by atoms with van der Waals surface area (Å²) in [6.45, 7) is 10.0. The molecule has 1 rings (SSSR count). The summed E-state index contributed by atoms with van der Waals surface area (Å²) in [5, 5.41) is 9.16. The molecule has 2 heteroatoms. The maximum absolute atomic E-state index is 9.16. The van der Waals surface area contributed by atoms with Gasteiger partial charge in [0.15, 0.2) is 0 Å². The van der Waals surface area contributed by atoms with Crippen molar-refractivity contribution >= 4 is 0 Å². The highest BCUT2D eigenvalue weighted by atomic mass is 16.5. The van der Waals surface area contributed by atoms with Gasteiger partial charge in [0.25, 0.3) is 0 Å². The van der Waals surface area contributed by atoms with Crippen molar-refractivity contribution in [1.82, 2.24) is 0 Å². The van der Waals surface area contributed by atoms with Gasteiger partial charge in [-0.2, -0.15) is 5.26 Å². The van der Waals surface area contributed by atoms with E-state index in [4.69, 9.17) is 10.00 Å². The average Bonchev–Trinajstić information content (AvgIpc) is 2.90. The highest BCUT2D eigenvalue weighted by molar-refractivity contribution is 5.56. The first-order valence-electron chi connectivity index (χ1n) is 8.50. The lowest BCUT2D eigenvalue weighted by atomic mass is 9.97. The fraction of sp³-hybridized carbons (Fsp3) is 0.261. The number of allylic oxidation sites excluding steroid dienone is 13. The molecule has 0 aliphatic heterocycles. The second kappa shape index (κ2) is 10.9. The molecule has 0 bridgehead atoms.